The largest absolute Gasteiger partial charge is 0.472 e. The normalized spacial score (nSPS) is 12.3. The molecule has 0 fully saturated rings. The number of carbonyl (C=O) groups is 1. The number of para-hydroxylation sites is 2. The summed E-state index contributed by atoms with van der Waals surface area (Å²) in [5, 5.41) is 10.2. The molecule has 0 aliphatic carbocycles. The molecule has 1 unspecified atom stereocenters. The quantitative estimate of drug-likeness (QED) is 0.622. The number of nitrogens with zero attached hydrogens (tertiary/aromatic N) is 4. The van der Waals surface area contributed by atoms with Crippen LogP contribution >= 0.6 is 0 Å². The van der Waals surface area contributed by atoms with Crippen molar-refractivity contribution in [1.82, 2.24) is 25.2 Å². The van der Waals surface area contributed by atoms with E-state index in [0.717, 1.165) is 29.7 Å². The molecule has 138 valence electrons. The third kappa shape index (κ3) is 3.68. The van der Waals surface area contributed by atoms with Gasteiger partial charge in [-0.15, -0.1) is 0 Å². The molecule has 2 aromatic heterocycles. The first-order valence-electron chi connectivity index (χ1n) is 8.77. The lowest BCUT2D eigenvalue weighted by atomic mass is 10.2. The summed E-state index contributed by atoms with van der Waals surface area (Å²) in [4.78, 5) is 17.3. The molecule has 0 spiro atoms. The summed E-state index contributed by atoms with van der Waals surface area (Å²) in [5.41, 5.74) is 2.46. The van der Waals surface area contributed by atoms with E-state index < -0.39 is 0 Å². The van der Waals surface area contributed by atoms with E-state index in [1.807, 2.05) is 35.8 Å². The van der Waals surface area contributed by atoms with Crippen LogP contribution in [0, 0.1) is 6.92 Å². The Morgan fingerprint density at radius 2 is 2.15 bits per heavy atom. The number of benzene rings is 1. The predicted octanol–water partition coefficient (Wildman–Crippen LogP) is 2.44. The van der Waals surface area contributed by atoms with Crippen LogP contribution in [-0.4, -0.2) is 38.9 Å². The number of fused-ring (bicyclic) bond motifs is 1. The van der Waals surface area contributed by atoms with Crippen LogP contribution < -0.4 is 10.1 Å². The van der Waals surface area contributed by atoms with Gasteiger partial charge in [0.15, 0.2) is 0 Å². The molecular formula is C18H23N5O3. The Balaban J connectivity index is 1.65. The van der Waals surface area contributed by atoms with E-state index in [9.17, 15) is 4.79 Å². The van der Waals surface area contributed by atoms with Crippen molar-refractivity contribution in [3.63, 3.8) is 0 Å². The number of rotatable bonds is 8. The molecule has 0 saturated carbocycles. The van der Waals surface area contributed by atoms with Gasteiger partial charge in [0.2, 0.25) is 5.91 Å². The zero-order valence-corrected chi connectivity index (χ0v) is 15.2. The van der Waals surface area contributed by atoms with Gasteiger partial charge in [-0.1, -0.05) is 24.2 Å². The number of carbonyl (C=O) groups excluding carboxylic acids is 1. The van der Waals surface area contributed by atoms with Gasteiger partial charge >= 0.3 is 0 Å². The molecule has 3 aromatic rings. The Morgan fingerprint density at radius 3 is 2.88 bits per heavy atom. The van der Waals surface area contributed by atoms with E-state index in [0.29, 0.717) is 24.7 Å². The van der Waals surface area contributed by atoms with Crippen LogP contribution in [0.15, 0.2) is 28.9 Å². The summed E-state index contributed by atoms with van der Waals surface area (Å²) >= 11 is 0. The highest BCUT2D eigenvalue weighted by molar-refractivity contribution is 5.84. The Kier molecular flexibility index (Phi) is 5.50. The van der Waals surface area contributed by atoms with Crippen molar-refractivity contribution in [3.8, 4) is 5.88 Å². The molecule has 0 aliphatic rings. The summed E-state index contributed by atoms with van der Waals surface area (Å²) in [7, 11) is 0. The first kappa shape index (κ1) is 17.9. The SMILES string of the molecule is CCCc1nc2ccccc2n1C(C)C(=O)NCCOc1nonc1C. The number of aryl methyl sites for hydroxylation is 2. The molecule has 1 atom stereocenters. The van der Waals surface area contributed by atoms with Gasteiger partial charge in [0, 0.05) is 6.42 Å². The fraction of sp³-hybridized carbons (Fsp3) is 0.444. The first-order valence-corrected chi connectivity index (χ1v) is 8.77. The molecule has 0 saturated heterocycles. The van der Waals surface area contributed by atoms with E-state index in [1.165, 1.54) is 0 Å². The summed E-state index contributed by atoms with van der Waals surface area (Å²) in [6.07, 6.45) is 1.80. The lowest BCUT2D eigenvalue weighted by Crippen LogP contribution is -2.34. The molecule has 8 nitrogen and oxygen atoms in total. The van der Waals surface area contributed by atoms with Crippen molar-refractivity contribution in [1.29, 1.82) is 0 Å². The van der Waals surface area contributed by atoms with Gasteiger partial charge in [0.1, 0.15) is 24.2 Å². The second-order valence-electron chi connectivity index (χ2n) is 6.11. The van der Waals surface area contributed by atoms with E-state index in [1.54, 1.807) is 6.92 Å². The molecule has 0 bridgehead atoms. The molecule has 0 radical (unpaired) electrons. The van der Waals surface area contributed by atoms with Crippen molar-refractivity contribution in [2.45, 2.75) is 39.7 Å². The maximum atomic E-state index is 12.6. The van der Waals surface area contributed by atoms with Gasteiger partial charge in [0.25, 0.3) is 5.88 Å². The van der Waals surface area contributed by atoms with Crippen molar-refractivity contribution in [2.24, 2.45) is 0 Å². The van der Waals surface area contributed by atoms with Crippen molar-refractivity contribution < 1.29 is 14.2 Å². The summed E-state index contributed by atoms with van der Waals surface area (Å²) in [5.74, 6) is 1.19. The molecule has 2 heterocycles. The summed E-state index contributed by atoms with van der Waals surface area (Å²) < 4.78 is 12.0. The number of imidazole rings is 1. The van der Waals surface area contributed by atoms with Crippen LogP contribution in [0.1, 0.15) is 37.8 Å². The lowest BCUT2D eigenvalue weighted by molar-refractivity contribution is -0.123. The number of ether oxygens (including phenoxy) is 1. The van der Waals surface area contributed by atoms with E-state index in [4.69, 9.17) is 4.74 Å². The van der Waals surface area contributed by atoms with Crippen molar-refractivity contribution in [2.75, 3.05) is 13.2 Å². The van der Waals surface area contributed by atoms with Gasteiger partial charge in [0.05, 0.1) is 17.6 Å². The van der Waals surface area contributed by atoms with Crippen LogP contribution in [-0.2, 0) is 11.2 Å². The molecule has 8 heteroatoms. The lowest BCUT2D eigenvalue weighted by Gasteiger charge is -2.17. The first-order chi connectivity index (χ1) is 12.6. The number of hydrogen-bond acceptors (Lipinski definition) is 6. The second-order valence-corrected chi connectivity index (χ2v) is 6.11. The van der Waals surface area contributed by atoms with Gasteiger partial charge < -0.3 is 14.6 Å². The minimum absolute atomic E-state index is 0.0795. The van der Waals surface area contributed by atoms with Crippen LogP contribution in [0.25, 0.3) is 11.0 Å². The minimum Gasteiger partial charge on any atom is -0.472 e. The Bertz CT molecular complexity index is 886. The third-order valence-corrected chi connectivity index (χ3v) is 4.16. The standard InChI is InChI=1S/C18H23N5O3/c1-4-7-16-20-14-8-5-6-9-15(14)23(16)13(3)17(24)19-10-11-25-18-12(2)21-26-22-18/h5-6,8-9,13H,4,7,10-11H2,1-3H3,(H,19,24). The highest BCUT2D eigenvalue weighted by Crippen LogP contribution is 2.22. The third-order valence-electron chi connectivity index (χ3n) is 4.16. The number of hydrogen-bond donors (Lipinski definition) is 1. The van der Waals surface area contributed by atoms with Crippen LogP contribution in [0.2, 0.25) is 0 Å². The van der Waals surface area contributed by atoms with Gasteiger partial charge in [-0.25, -0.2) is 9.61 Å². The fourth-order valence-electron chi connectivity index (χ4n) is 2.87. The van der Waals surface area contributed by atoms with Crippen LogP contribution in [0.5, 0.6) is 5.88 Å². The van der Waals surface area contributed by atoms with Gasteiger partial charge in [-0.2, -0.15) is 0 Å². The Hall–Kier alpha value is -2.90. The van der Waals surface area contributed by atoms with E-state index in [2.05, 4.69) is 32.2 Å². The van der Waals surface area contributed by atoms with E-state index >= 15 is 0 Å². The highest BCUT2D eigenvalue weighted by Gasteiger charge is 2.20. The zero-order chi connectivity index (χ0) is 18.5. The summed E-state index contributed by atoms with van der Waals surface area (Å²) in [6, 6.07) is 7.52. The maximum Gasteiger partial charge on any atom is 0.278 e. The molecule has 1 N–H and O–H groups in total. The van der Waals surface area contributed by atoms with E-state index in [-0.39, 0.29) is 11.9 Å². The fourth-order valence-corrected chi connectivity index (χ4v) is 2.87. The number of amides is 1. The average molecular weight is 357 g/mol. The maximum absolute atomic E-state index is 12.6. The Labute approximate surface area is 151 Å². The monoisotopic (exact) mass is 357 g/mol. The second kappa shape index (κ2) is 7.99. The molecule has 0 aliphatic heterocycles. The summed E-state index contributed by atoms with van der Waals surface area (Å²) in [6.45, 7) is 6.39. The molecular weight excluding hydrogens is 334 g/mol. The zero-order valence-electron chi connectivity index (χ0n) is 15.2. The molecule has 3 rings (SSSR count). The predicted molar refractivity (Wildman–Crippen MR) is 96.0 cm³/mol. The van der Waals surface area contributed by atoms with Gasteiger partial charge in [-0.3, -0.25) is 4.79 Å². The van der Waals surface area contributed by atoms with Crippen molar-refractivity contribution in [3.05, 3.63) is 35.8 Å². The van der Waals surface area contributed by atoms with Crippen LogP contribution in [0.3, 0.4) is 0 Å². The molecule has 1 amide bonds. The number of aromatic nitrogens is 4. The number of nitrogens with one attached hydrogen (secondary N) is 1. The topological polar surface area (TPSA) is 95.1 Å². The van der Waals surface area contributed by atoms with Crippen LogP contribution in [0.4, 0.5) is 0 Å². The molecule has 1 aromatic carbocycles. The minimum atomic E-state index is -0.362. The highest BCUT2D eigenvalue weighted by atomic mass is 16.6. The van der Waals surface area contributed by atoms with Crippen molar-refractivity contribution >= 4 is 16.9 Å². The van der Waals surface area contributed by atoms with Gasteiger partial charge in [-0.05, 0) is 37.6 Å². The average Bonchev–Trinajstić information content (AvgIpc) is 3.21. The smallest absolute Gasteiger partial charge is 0.278 e. The molecule has 26 heavy (non-hydrogen) atoms. The Morgan fingerprint density at radius 1 is 1.35 bits per heavy atom.